The fourth-order valence-corrected chi connectivity index (χ4v) is 12.2. The quantitative estimate of drug-likeness (QED) is 0.140. The molecule has 5 heterocycles. The van der Waals surface area contributed by atoms with Gasteiger partial charge in [-0.2, -0.15) is 0 Å². The van der Waals surface area contributed by atoms with Gasteiger partial charge in [-0.05, 0) is 33.3 Å². The normalized spacial score (nSPS) is 53.9. The minimum absolute atomic E-state index is 0.235. The number of aliphatic hydroxyl groups is 3. The average molecular weight is 721 g/mol. The SMILES string of the molecule is C/C=C(\C)C(=O)O[C@H]1C[C@@H](OC(C)=O)[C@@]2(C(=O)OC)CO[C@H]3[C@@H](O)[C@@](C)([C@]45O[C@@]4(C)[C@H]4C[C@@H]5O[C@@H]5OC=C[C@@]54O)[C@H]4[C@]1(CO[C@]4(O)C(=O)OC)[C@@H]32. The lowest BCUT2D eigenvalue weighted by molar-refractivity contribution is -0.314. The number of hydrogen-bond acceptors (Lipinski definition) is 16. The Balaban J connectivity index is 1.40. The maximum absolute atomic E-state index is 14.2. The van der Waals surface area contributed by atoms with Crippen molar-refractivity contribution in [1.82, 2.24) is 0 Å². The van der Waals surface area contributed by atoms with Crippen LogP contribution in [0, 0.1) is 34.0 Å². The van der Waals surface area contributed by atoms with Crippen molar-refractivity contribution in [3.63, 3.8) is 0 Å². The molecule has 0 unspecified atom stereocenters. The molecule has 1 spiro atoms. The third kappa shape index (κ3) is 3.65. The molecule has 280 valence electrons. The fraction of sp³-hybridized carbons (Fsp3) is 0.771. The fourth-order valence-electron chi connectivity index (χ4n) is 12.2. The molecule has 5 aliphatic heterocycles. The van der Waals surface area contributed by atoms with Crippen LogP contribution < -0.4 is 0 Å². The van der Waals surface area contributed by atoms with Gasteiger partial charge in [-0.3, -0.25) is 9.59 Å². The number of fused-ring (bicyclic) bond motifs is 7. The number of hydrogen-bond donors (Lipinski definition) is 3. The van der Waals surface area contributed by atoms with Gasteiger partial charge in [0.2, 0.25) is 6.29 Å². The largest absolute Gasteiger partial charge is 0.469 e. The highest BCUT2D eigenvalue weighted by Crippen LogP contribution is 2.83. The van der Waals surface area contributed by atoms with Gasteiger partial charge >= 0.3 is 23.9 Å². The first-order valence-corrected chi connectivity index (χ1v) is 17.2. The predicted molar refractivity (Wildman–Crippen MR) is 164 cm³/mol. The second-order valence-corrected chi connectivity index (χ2v) is 15.8. The van der Waals surface area contributed by atoms with Crippen molar-refractivity contribution in [1.29, 1.82) is 0 Å². The van der Waals surface area contributed by atoms with E-state index in [1.54, 1.807) is 33.8 Å². The van der Waals surface area contributed by atoms with Crippen LogP contribution in [0.2, 0.25) is 0 Å². The summed E-state index contributed by atoms with van der Waals surface area (Å²) in [6.45, 7) is 6.88. The van der Waals surface area contributed by atoms with Gasteiger partial charge in [-0.1, -0.05) is 13.0 Å². The summed E-state index contributed by atoms with van der Waals surface area (Å²) in [4.78, 5) is 54.4. The summed E-state index contributed by atoms with van der Waals surface area (Å²) >= 11 is 0. The number of epoxide rings is 1. The molecular formula is C35H44O16. The van der Waals surface area contributed by atoms with E-state index in [-0.39, 0.29) is 18.4 Å². The third-order valence-electron chi connectivity index (χ3n) is 14.1. The molecule has 3 aliphatic carbocycles. The van der Waals surface area contributed by atoms with E-state index < -0.39 is 130 Å². The summed E-state index contributed by atoms with van der Waals surface area (Å²) in [6, 6.07) is 0. The van der Waals surface area contributed by atoms with Crippen LogP contribution in [0.15, 0.2) is 24.0 Å². The number of aliphatic hydroxyl groups excluding tert-OH is 1. The monoisotopic (exact) mass is 720 g/mol. The van der Waals surface area contributed by atoms with Crippen LogP contribution in [-0.4, -0.2) is 126 Å². The zero-order valence-corrected chi connectivity index (χ0v) is 29.4. The second kappa shape index (κ2) is 10.5. The molecule has 0 radical (unpaired) electrons. The molecule has 4 saturated heterocycles. The van der Waals surface area contributed by atoms with Crippen LogP contribution >= 0.6 is 0 Å². The van der Waals surface area contributed by atoms with Crippen LogP contribution in [0.1, 0.15) is 47.5 Å². The zero-order chi connectivity index (χ0) is 36.9. The molecule has 3 N–H and O–H groups in total. The molecule has 0 aromatic rings. The molecule has 51 heavy (non-hydrogen) atoms. The molecule has 8 aliphatic rings. The zero-order valence-electron chi connectivity index (χ0n) is 29.4. The summed E-state index contributed by atoms with van der Waals surface area (Å²) < 4.78 is 54.0. The predicted octanol–water partition coefficient (Wildman–Crippen LogP) is -0.203. The van der Waals surface area contributed by atoms with Gasteiger partial charge in [0.15, 0.2) is 5.60 Å². The Morgan fingerprint density at radius 1 is 0.961 bits per heavy atom. The summed E-state index contributed by atoms with van der Waals surface area (Å²) in [5.41, 5.74) is -9.47. The van der Waals surface area contributed by atoms with E-state index in [0.717, 1.165) is 14.2 Å². The summed E-state index contributed by atoms with van der Waals surface area (Å²) in [5.74, 6) is -9.76. The number of carbonyl (C=O) groups excluding carboxylic acids is 4. The molecule has 7 fully saturated rings. The highest BCUT2D eigenvalue weighted by atomic mass is 16.7. The van der Waals surface area contributed by atoms with Gasteiger partial charge in [-0.25, -0.2) is 9.59 Å². The average Bonchev–Trinajstić information content (AvgIpc) is 3.47. The maximum Gasteiger partial charge on any atom is 0.366 e. The van der Waals surface area contributed by atoms with Crippen LogP contribution in [0.3, 0.4) is 0 Å². The van der Waals surface area contributed by atoms with E-state index in [2.05, 4.69) is 0 Å². The molecule has 3 saturated carbocycles. The number of carbonyl (C=O) groups is 4. The molecule has 8 rings (SSSR count). The van der Waals surface area contributed by atoms with Crippen molar-refractivity contribution in [3.8, 4) is 0 Å². The van der Waals surface area contributed by atoms with Crippen LogP contribution in [-0.2, 0) is 61.8 Å². The first-order valence-electron chi connectivity index (χ1n) is 17.2. The summed E-state index contributed by atoms with van der Waals surface area (Å²) in [6.07, 6.45) is -3.11. The van der Waals surface area contributed by atoms with Crippen molar-refractivity contribution >= 4 is 23.9 Å². The minimum Gasteiger partial charge on any atom is -0.469 e. The van der Waals surface area contributed by atoms with Gasteiger partial charge in [0.05, 0.1) is 52.0 Å². The Morgan fingerprint density at radius 2 is 1.67 bits per heavy atom. The van der Waals surface area contributed by atoms with Crippen molar-refractivity contribution in [2.75, 3.05) is 27.4 Å². The van der Waals surface area contributed by atoms with E-state index in [4.69, 9.17) is 42.6 Å². The van der Waals surface area contributed by atoms with Crippen molar-refractivity contribution in [3.05, 3.63) is 24.0 Å². The third-order valence-corrected chi connectivity index (χ3v) is 14.1. The molecule has 16 nitrogen and oxygen atoms in total. The molecule has 16 atom stereocenters. The van der Waals surface area contributed by atoms with Crippen molar-refractivity contribution in [2.24, 2.45) is 34.0 Å². The Morgan fingerprint density at radius 3 is 2.31 bits per heavy atom. The number of methoxy groups -OCH3 is 2. The number of esters is 4. The van der Waals surface area contributed by atoms with Gasteiger partial charge < -0.3 is 58.0 Å². The second-order valence-electron chi connectivity index (χ2n) is 15.8. The van der Waals surface area contributed by atoms with Gasteiger partial charge in [0.1, 0.15) is 28.8 Å². The van der Waals surface area contributed by atoms with E-state index in [1.165, 1.54) is 19.3 Å². The van der Waals surface area contributed by atoms with Crippen molar-refractivity contribution < 1.29 is 77.1 Å². The molecule has 0 aromatic heterocycles. The Bertz CT molecular complexity index is 1660. The first-order chi connectivity index (χ1) is 23.9. The Kier molecular flexibility index (Phi) is 7.20. The molecular weight excluding hydrogens is 676 g/mol. The molecule has 0 aromatic carbocycles. The highest BCUT2D eigenvalue weighted by Gasteiger charge is 2.97. The van der Waals surface area contributed by atoms with Crippen LogP contribution in [0.4, 0.5) is 0 Å². The van der Waals surface area contributed by atoms with Crippen LogP contribution in [0.5, 0.6) is 0 Å². The highest BCUT2D eigenvalue weighted by molar-refractivity contribution is 5.88. The summed E-state index contributed by atoms with van der Waals surface area (Å²) in [5, 5.41) is 37.4. The molecule has 0 amide bonds. The topological polar surface area (TPSA) is 215 Å². The van der Waals surface area contributed by atoms with E-state index >= 15 is 0 Å². The molecule has 16 heteroatoms. The van der Waals surface area contributed by atoms with E-state index in [0.29, 0.717) is 0 Å². The van der Waals surface area contributed by atoms with E-state index in [9.17, 15) is 34.5 Å². The number of rotatable bonds is 6. The molecule has 2 bridgehead atoms. The van der Waals surface area contributed by atoms with Crippen molar-refractivity contribution in [2.45, 2.75) is 107 Å². The van der Waals surface area contributed by atoms with Crippen LogP contribution in [0.25, 0.3) is 0 Å². The lowest BCUT2D eigenvalue weighted by Gasteiger charge is -2.65. The van der Waals surface area contributed by atoms with Gasteiger partial charge in [0.25, 0.3) is 5.79 Å². The minimum atomic E-state index is -2.82. The lowest BCUT2D eigenvalue weighted by atomic mass is 9.37. The van der Waals surface area contributed by atoms with Gasteiger partial charge in [-0.15, -0.1) is 0 Å². The summed E-state index contributed by atoms with van der Waals surface area (Å²) in [7, 11) is 2.23. The Labute approximate surface area is 293 Å². The van der Waals surface area contributed by atoms with E-state index in [1.807, 2.05) is 0 Å². The van der Waals surface area contributed by atoms with Gasteiger partial charge in [0, 0.05) is 47.5 Å². The number of ether oxygens (including phenoxy) is 9. The Hall–Kier alpha value is -3.12. The lowest BCUT2D eigenvalue weighted by Crippen LogP contribution is -2.79. The number of allylic oxidation sites excluding steroid dienone is 1. The first kappa shape index (κ1) is 34.9. The smallest absolute Gasteiger partial charge is 0.366 e. The maximum atomic E-state index is 14.2. The standard InChI is InChI=1S/C35H44O16/c1-8-15(2)24(38)49-18-12-19(48-16(3)36)32(26(39)43-6)13-46-21-22(32)31(18)14-47-34(42,27(40)44-7)25(31)29(4,23(21)37)35-20-11-17(30(35,5)51-35)33(41)9-10-45-28(33)50-20/h8-10,17-23,25,28,37,41-42H,11-14H2,1-7H3/b15-8+/t17-,18+,19-,20+,21-,22-,23-,25+,28+,29-,30+,31+,32+,33+,34+,35+/m1/s1.